The molecular weight excluding hydrogens is 258 g/mol. The number of hydrogen-bond donors (Lipinski definition) is 1. The molecule has 1 aromatic carbocycles. The average Bonchev–Trinajstić information content (AvgIpc) is 2.90. The van der Waals surface area contributed by atoms with Crippen LogP contribution in [-0.2, 0) is 4.74 Å². The molecule has 0 saturated carbocycles. The molecule has 2 aromatic rings. The molecule has 1 aliphatic rings. The van der Waals surface area contributed by atoms with Crippen LogP contribution in [0.15, 0.2) is 22.6 Å². The van der Waals surface area contributed by atoms with Gasteiger partial charge in [0.25, 0.3) is 0 Å². The standard InChI is InChI=1S/C15H17NO4/c1-7-8(2)19-9(3)12(7)14-16-11-6-4-5-10(15(17)18)13(11)20-14/h4-9,12H,1-3H3,(H,17,18). The van der Waals surface area contributed by atoms with Crippen LogP contribution in [0.3, 0.4) is 0 Å². The molecule has 106 valence electrons. The molecular formula is C15H17NO4. The Morgan fingerprint density at radius 2 is 2.00 bits per heavy atom. The average molecular weight is 275 g/mol. The molecule has 2 heterocycles. The van der Waals surface area contributed by atoms with E-state index in [1.165, 1.54) is 6.07 Å². The Balaban J connectivity index is 2.10. The highest BCUT2D eigenvalue weighted by atomic mass is 16.5. The predicted octanol–water partition coefficient (Wildman–Crippen LogP) is 3.05. The smallest absolute Gasteiger partial charge is 0.339 e. The number of fused-ring (bicyclic) bond motifs is 1. The van der Waals surface area contributed by atoms with E-state index in [2.05, 4.69) is 11.9 Å². The fourth-order valence-corrected chi connectivity index (χ4v) is 2.97. The fraction of sp³-hybridized carbons (Fsp3) is 0.467. The first kappa shape index (κ1) is 13.1. The van der Waals surface area contributed by atoms with E-state index in [1.54, 1.807) is 12.1 Å². The molecule has 4 atom stereocenters. The molecule has 0 amide bonds. The molecule has 1 aromatic heterocycles. The molecule has 5 nitrogen and oxygen atoms in total. The number of carbonyl (C=O) groups is 1. The Labute approximate surface area is 116 Å². The Morgan fingerprint density at radius 3 is 2.60 bits per heavy atom. The van der Waals surface area contributed by atoms with Gasteiger partial charge in [-0.05, 0) is 31.9 Å². The number of nitrogens with zero attached hydrogens (tertiary/aromatic N) is 1. The third kappa shape index (κ3) is 1.89. The van der Waals surface area contributed by atoms with Gasteiger partial charge < -0.3 is 14.3 Å². The Kier molecular flexibility index (Phi) is 3.01. The molecule has 20 heavy (non-hydrogen) atoms. The first-order chi connectivity index (χ1) is 9.49. The maximum Gasteiger partial charge on any atom is 0.339 e. The normalized spacial score (nSPS) is 29.9. The van der Waals surface area contributed by atoms with E-state index in [-0.39, 0.29) is 29.6 Å². The number of oxazole rings is 1. The Hall–Kier alpha value is -1.88. The molecule has 0 radical (unpaired) electrons. The molecule has 0 bridgehead atoms. The molecule has 5 heteroatoms. The molecule has 1 saturated heterocycles. The van der Waals surface area contributed by atoms with E-state index < -0.39 is 5.97 Å². The van der Waals surface area contributed by atoms with E-state index in [0.717, 1.165) is 0 Å². The van der Waals surface area contributed by atoms with E-state index in [0.29, 0.717) is 17.0 Å². The van der Waals surface area contributed by atoms with Crippen molar-refractivity contribution in [2.45, 2.75) is 38.9 Å². The molecule has 0 aliphatic carbocycles. The summed E-state index contributed by atoms with van der Waals surface area (Å²) in [6.07, 6.45) is 0.158. The van der Waals surface area contributed by atoms with Crippen molar-refractivity contribution in [3.8, 4) is 0 Å². The maximum atomic E-state index is 11.2. The number of carboxylic acid groups (broad SMARTS) is 1. The monoisotopic (exact) mass is 275 g/mol. The number of benzene rings is 1. The minimum Gasteiger partial charge on any atom is -0.478 e. The van der Waals surface area contributed by atoms with Crippen molar-refractivity contribution < 1.29 is 19.1 Å². The number of carboxylic acids is 1. The predicted molar refractivity (Wildman–Crippen MR) is 72.9 cm³/mol. The summed E-state index contributed by atoms with van der Waals surface area (Å²) >= 11 is 0. The van der Waals surface area contributed by atoms with E-state index in [9.17, 15) is 9.90 Å². The van der Waals surface area contributed by atoms with Crippen molar-refractivity contribution in [3.05, 3.63) is 29.7 Å². The second-order valence-corrected chi connectivity index (χ2v) is 5.44. The van der Waals surface area contributed by atoms with Gasteiger partial charge in [0.1, 0.15) is 11.1 Å². The number of aromatic carboxylic acids is 1. The van der Waals surface area contributed by atoms with Crippen LogP contribution in [0.1, 0.15) is 42.9 Å². The third-order valence-corrected chi connectivity index (χ3v) is 4.19. The summed E-state index contributed by atoms with van der Waals surface area (Å²) in [4.78, 5) is 15.7. The largest absolute Gasteiger partial charge is 0.478 e. The number of para-hydroxylation sites is 1. The molecule has 1 N–H and O–H groups in total. The highest BCUT2D eigenvalue weighted by Crippen LogP contribution is 2.40. The lowest BCUT2D eigenvalue weighted by atomic mass is 9.89. The van der Waals surface area contributed by atoms with E-state index >= 15 is 0 Å². The van der Waals surface area contributed by atoms with Crippen molar-refractivity contribution in [1.29, 1.82) is 0 Å². The lowest BCUT2D eigenvalue weighted by Crippen LogP contribution is -2.15. The lowest BCUT2D eigenvalue weighted by molar-refractivity contribution is 0.0546. The Morgan fingerprint density at radius 1 is 1.25 bits per heavy atom. The van der Waals surface area contributed by atoms with Crippen LogP contribution in [0.5, 0.6) is 0 Å². The summed E-state index contributed by atoms with van der Waals surface area (Å²) < 4.78 is 11.6. The molecule has 1 aliphatic heterocycles. The van der Waals surface area contributed by atoms with Gasteiger partial charge in [0.15, 0.2) is 5.58 Å². The van der Waals surface area contributed by atoms with E-state index in [4.69, 9.17) is 9.15 Å². The zero-order valence-electron chi connectivity index (χ0n) is 11.7. The molecule has 3 rings (SSSR count). The van der Waals surface area contributed by atoms with Gasteiger partial charge in [-0.3, -0.25) is 0 Å². The van der Waals surface area contributed by atoms with Gasteiger partial charge in [-0.15, -0.1) is 0 Å². The molecule has 0 spiro atoms. The summed E-state index contributed by atoms with van der Waals surface area (Å²) in [5, 5.41) is 9.19. The van der Waals surface area contributed by atoms with Crippen LogP contribution in [0.25, 0.3) is 11.1 Å². The van der Waals surface area contributed by atoms with Crippen LogP contribution in [0, 0.1) is 5.92 Å². The summed E-state index contributed by atoms with van der Waals surface area (Å²) in [5.41, 5.74) is 1.07. The summed E-state index contributed by atoms with van der Waals surface area (Å²) in [5.74, 6) is -0.0983. The van der Waals surface area contributed by atoms with Gasteiger partial charge in [-0.25, -0.2) is 9.78 Å². The third-order valence-electron chi connectivity index (χ3n) is 4.19. The van der Waals surface area contributed by atoms with Crippen LogP contribution < -0.4 is 0 Å². The fourth-order valence-electron chi connectivity index (χ4n) is 2.97. The van der Waals surface area contributed by atoms with Crippen LogP contribution in [0.2, 0.25) is 0 Å². The second-order valence-electron chi connectivity index (χ2n) is 5.44. The topological polar surface area (TPSA) is 72.6 Å². The van der Waals surface area contributed by atoms with Crippen LogP contribution in [-0.4, -0.2) is 28.3 Å². The number of rotatable bonds is 2. The summed E-state index contributed by atoms with van der Waals surface area (Å²) in [6.45, 7) is 6.13. The van der Waals surface area contributed by atoms with Gasteiger partial charge >= 0.3 is 5.97 Å². The quantitative estimate of drug-likeness (QED) is 0.911. The number of aromatic nitrogens is 1. The minimum absolute atomic E-state index is 0.0151. The van der Waals surface area contributed by atoms with Crippen LogP contribution >= 0.6 is 0 Å². The van der Waals surface area contributed by atoms with E-state index in [1.807, 2.05) is 13.8 Å². The van der Waals surface area contributed by atoms with Crippen molar-refractivity contribution in [2.75, 3.05) is 0 Å². The van der Waals surface area contributed by atoms with Gasteiger partial charge in [0.2, 0.25) is 5.89 Å². The second kappa shape index (κ2) is 4.59. The first-order valence-electron chi connectivity index (χ1n) is 6.77. The van der Waals surface area contributed by atoms with Gasteiger partial charge in [-0.1, -0.05) is 13.0 Å². The van der Waals surface area contributed by atoms with Crippen molar-refractivity contribution >= 4 is 17.1 Å². The zero-order valence-corrected chi connectivity index (χ0v) is 11.7. The van der Waals surface area contributed by atoms with Gasteiger partial charge in [-0.2, -0.15) is 0 Å². The lowest BCUT2D eigenvalue weighted by Gasteiger charge is -2.13. The summed E-state index contributed by atoms with van der Waals surface area (Å²) in [7, 11) is 0. The highest BCUT2D eigenvalue weighted by molar-refractivity contribution is 5.99. The first-order valence-corrected chi connectivity index (χ1v) is 6.77. The highest BCUT2D eigenvalue weighted by Gasteiger charge is 2.41. The van der Waals surface area contributed by atoms with Crippen LogP contribution in [0.4, 0.5) is 0 Å². The summed E-state index contributed by atoms with van der Waals surface area (Å²) in [6, 6.07) is 4.97. The zero-order chi connectivity index (χ0) is 14.4. The minimum atomic E-state index is -1.00. The van der Waals surface area contributed by atoms with Crippen molar-refractivity contribution in [2.24, 2.45) is 5.92 Å². The van der Waals surface area contributed by atoms with Crippen molar-refractivity contribution in [1.82, 2.24) is 4.98 Å². The molecule has 1 fully saturated rings. The number of ether oxygens (including phenoxy) is 1. The SMILES string of the molecule is CC1OC(C)C(c2nc3cccc(C(=O)O)c3o2)C1C. The van der Waals surface area contributed by atoms with Gasteiger partial charge in [0.05, 0.1) is 18.1 Å². The van der Waals surface area contributed by atoms with Gasteiger partial charge in [0, 0.05) is 0 Å². The molecule has 4 unspecified atom stereocenters. The Bertz CT molecular complexity index is 663. The van der Waals surface area contributed by atoms with Crippen molar-refractivity contribution in [3.63, 3.8) is 0 Å². The maximum absolute atomic E-state index is 11.2. The number of hydrogen-bond acceptors (Lipinski definition) is 4.